The number of sulfonamides is 1. The quantitative estimate of drug-likeness (QED) is 0.791. The third-order valence-electron chi connectivity index (χ3n) is 3.53. The van der Waals surface area contributed by atoms with E-state index in [4.69, 9.17) is 16.3 Å². The van der Waals surface area contributed by atoms with Gasteiger partial charge in [-0.1, -0.05) is 25.4 Å². The van der Waals surface area contributed by atoms with Gasteiger partial charge in [-0.05, 0) is 36.6 Å². The molecule has 1 amide bonds. The van der Waals surface area contributed by atoms with Crippen LogP contribution in [0.15, 0.2) is 35.5 Å². The zero-order chi connectivity index (χ0) is 18.6. The van der Waals surface area contributed by atoms with E-state index in [0.717, 1.165) is 6.42 Å². The highest BCUT2D eigenvalue weighted by Gasteiger charge is 2.23. The van der Waals surface area contributed by atoms with E-state index in [1.54, 1.807) is 4.57 Å². The van der Waals surface area contributed by atoms with E-state index in [-0.39, 0.29) is 15.7 Å². The molecule has 0 aliphatic heterocycles. The molecular weight excluding hydrogens is 366 g/mol. The molecule has 0 aliphatic carbocycles. The lowest BCUT2D eigenvalue weighted by Gasteiger charge is -2.08. The molecule has 1 N–H and O–H groups in total. The Bertz CT molecular complexity index is 845. The first kappa shape index (κ1) is 19.3. The number of aryl methyl sites for hydroxylation is 1. The molecule has 7 nitrogen and oxygen atoms in total. The lowest BCUT2D eigenvalue weighted by molar-refractivity contribution is 0.0977. The molecule has 1 aromatic carbocycles. The molecule has 0 aliphatic rings. The van der Waals surface area contributed by atoms with Crippen LogP contribution in [0.5, 0.6) is 5.75 Å². The normalized spacial score (nSPS) is 11.6. The van der Waals surface area contributed by atoms with Crippen molar-refractivity contribution in [2.24, 2.45) is 5.92 Å². The summed E-state index contributed by atoms with van der Waals surface area (Å²) in [4.78, 5) is 16.1. The zero-order valence-electron chi connectivity index (χ0n) is 14.2. The second-order valence-corrected chi connectivity index (χ2v) is 7.91. The van der Waals surface area contributed by atoms with E-state index in [1.807, 2.05) is 4.72 Å². The molecule has 0 spiro atoms. The SMILES string of the molecule is COc1ccc(S(=O)(=O)NC(=O)c2ncn(CCC(C)C)c2Cl)cc1. The summed E-state index contributed by atoms with van der Waals surface area (Å²) in [6, 6.07) is 5.67. The second kappa shape index (κ2) is 7.88. The van der Waals surface area contributed by atoms with Gasteiger partial charge in [0.2, 0.25) is 0 Å². The number of nitrogens with one attached hydrogen (secondary N) is 1. The molecule has 0 unspecified atom stereocenters. The van der Waals surface area contributed by atoms with Crippen LogP contribution in [0.2, 0.25) is 5.15 Å². The van der Waals surface area contributed by atoms with Gasteiger partial charge >= 0.3 is 0 Å². The van der Waals surface area contributed by atoms with Crippen LogP contribution in [-0.4, -0.2) is 31.0 Å². The number of rotatable bonds is 7. The van der Waals surface area contributed by atoms with Crippen LogP contribution < -0.4 is 9.46 Å². The Morgan fingerprint density at radius 1 is 1.32 bits per heavy atom. The van der Waals surface area contributed by atoms with Gasteiger partial charge in [-0.25, -0.2) is 18.1 Å². The van der Waals surface area contributed by atoms with Gasteiger partial charge in [-0.3, -0.25) is 4.79 Å². The van der Waals surface area contributed by atoms with Crippen LogP contribution in [0, 0.1) is 5.92 Å². The topological polar surface area (TPSA) is 90.3 Å². The predicted molar refractivity (Wildman–Crippen MR) is 94.3 cm³/mol. The van der Waals surface area contributed by atoms with Crippen molar-refractivity contribution in [2.45, 2.75) is 31.7 Å². The minimum absolute atomic E-state index is 0.0583. The summed E-state index contributed by atoms with van der Waals surface area (Å²) in [6.45, 7) is 4.74. The highest BCUT2D eigenvalue weighted by molar-refractivity contribution is 7.90. The van der Waals surface area contributed by atoms with Crippen LogP contribution in [0.4, 0.5) is 0 Å². The van der Waals surface area contributed by atoms with Gasteiger partial charge in [-0.2, -0.15) is 0 Å². The van der Waals surface area contributed by atoms with Gasteiger partial charge in [0.05, 0.1) is 18.3 Å². The Hall–Kier alpha value is -2.06. The van der Waals surface area contributed by atoms with Crippen LogP contribution in [0.25, 0.3) is 0 Å². The maximum atomic E-state index is 12.3. The number of benzene rings is 1. The first-order chi connectivity index (χ1) is 11.7. The fourth-order valence-electron chi connectivity index (χ4n) is 2.06. The van der Waals surface area contributed by atoms with E-state index < -0.39 is 15.9 Å². The number of hydrogen-bond donors (Lipinski definition) is 1. The zero-order valence-corrected chi connectivity index (χ0v) is 15.8. The Morgan fingerprint density at radius 2 is 1.96 bits per heavy atom. The molecule has 0 saturated heterocycles. The van der Waals surface area contributed by atoms with E-state index in [2.05, 4.69) is 18.8 Å². The number of carbonyl (C=O) groups excluding carboxylic acids is 1. The Labute approximate surface area is 152 Å². The summed E-state index contributed by atoms with van der Waals surface area (Å²) in [7, 11) is -2.55. The molecule has 9 heteroatoms. The monoisotopic (exact) mass is 385 g/mol. The molecular formula is C16H20ClN3O4S. The predicted octanol–water partition coefficient (Wildman–Crippen LogP) is 2.71. The Morgan fingerprint density at radius 3 is 2.52 bits per heavy atom. The van der Waals surface area contributed by atoms with E-state index in [0.29, 0.717) is 18.2 Å². The number of nitrogens with zero attached hydrogens (tertiary/aromatic N) is 2. The molecule has 0 radical (unpaired) electrons. The smallest absolute Gasteiger partial charge is 0.286 e. The fraction of sp³-hybridized carbons (Fsp3) is 0.375. The van der Waals surface area contributed by atoms with Gasteiger partial charge in [0.1, 0.15) is 10.9 Å². The fourth-order valence-corrected chi connectivity index (χ4v) is 3.27. The first-order valence-electron chi connectivity index (χ1n) is 7.66. The standard InChI is InChI=1S/C16H20ClN3O4S/c1-11(2)8-9-20-10-18-14(15(20)17)16(21)19-25(22,23)13-6-4-12(24-3)5-7-13/h4-7,10-11H,8-9H2,1-3H3,(H,19,21). The molecule has 25 heavy (non-hydrogen) atoms. The largest absolute Gasteiger partial charge is 0.497 e. The van der Waals surface area contributed by atoms with Gasteiger partial charge < -0.3 is 9.30 Å². The minimum Gasteiger partial charge on any atom is -0.497 e. The second-order valence-electron chi connectivity index (χ2n) is 5.87. The van der Waals surface area contributed by atoms with Gasteiger partial charge in [0.25, 0.3) is 15.9 Å². The molecule has 0 atom stereocenters. The molecule has 0 bridgehead atoms. The Kier molecular flexibility index (Phi) is 6.07. The highest BCUT2D eigenvalue weighted by Crippen LogP contribution is 2.19. The average molecular weight is 386 g/mol. The van der Waals surface area contributed by atoms with Crippen LogP contribution in [0.3, 0.4) is 0 Å². The molecule has 1 heterocycles. The summed E-state index contributed by atoms with van der Waals surface area (Å²) >= 11 is 6.15. The van der Waals surface area contributed by atoms with Crippen molar-refractivity contribution in [1.29, 1.82) is 0 Å². The third kappa shape index (κ3) is 4.73. The van der Waals surface area contributed by atoms with Crippen LogP contribution >= 0.6 is 11.6 Å². The molecule has 2 aromatic rings. The van der Waals surface area contributed by atoms with Crippen molar-refractivity contribution in [1.82, 2.24) is 14.3 Å². The summed E-state index contributed by atoms with van der Waals surface area (Å²) < 4.78 is 33.2. The number of ether oxygens (including phenoxy) is 1. The number of imidazole rings is 1. The number of hydrogen-bond acceptors (Lipinski definition) is 5. The van der Waals surface area contributed by atoms with Gasteiger partial charge in [0.15, 0.2) is 5.69 Å². The maximum absolute atomic E-state index is 12.3. The van der Waals surface area contributed by atoms with Crippen molar-refractivity contribution >= 4 is 27.5 Å². The number of carbonyl (C=O) groups is 1. The molecule has 2 rings (SSSR count). The first-order valence-corrected chi connectivity index (χ1v) is 9.52. The minimum atomic E-state index is -4.03. The van der Waals surface area contributed by atoms with Gasteiger partial charge in [0, 0.05) is 6.54 Å². The van der Waals surface area contributed by atoms with Crippen molar-refractivity contribution < 1.29 is 17.9 Å². The summed E-state index contributed by atoms with van der Waals surface area (Å²) in [5.74, 6) is 0.104. The van der Waals surface area contributed by atoms with Crippen molar-refractivity contribution in [2.75, 3.05) is 7.11 Å². The number of methoxy groups -OCH3 is 1. The highest BCUT2D eigenvalue weighted by atomic mass is 35.5. The van der Waals surface area contributed by atoms with Crippen molar-refractivity contribution in [3.63, 3.8) is 0 Å². The molecule has 1 aromatic heterocycles. The number of amides is 1. The maximum Gasteiger partial charge on any atom is 0.286 e. The van der Waals surface area contributed by atoms with E-state index in [9.17, 15) is 13.2 Å². The average Bonchev–Trinajstić information content (AvgIpc) is 2.93. The lowest BCUT2D eigenvalue weighted by Crippen LogP contribution is -2.31. The van der Waals surface area contributed by atoms with Crippen LogP contribution in [0.1, 0.15) is 30.8 Å². The van der Waals surface area contributed by atoms with E-state index in [1.165, 1.54) is 37.7 Å². The van der Waals surface area contributed by atoms with Gasteiger partial charge in [-0.15, -0.1) is 0 Å². The molecule has 0 saturated carbocycles. The van der Waals surface area contributed by atoms with Crippen molar-refractivity contribution in [3.05, 3.63) is 41.4 Å². The van der Waals surface area contributed by atoms with Crippen molar-refractivity contribution in [3.8, 4) is 5.75 Å². The van der Waals surface area contributed by atoms with E-state index >= 15 is 0 Å². The van der Waals surface area contributed by atoms with Crippen LogP contribution in [-0.2, 0) is 16.6 Å². The number of halogens is 1. The number of aromatic nitrogens is 2. The summed E-state index contributed by atoms with van der Waals surface area (Å²) in [6.07, 6.45) is 2.29. The summed E-state index contributed by atoms with van der Waals surface area (Å²) in [5, 5.41) is 0.114. The third-order valence-corrected chi connectivity index (χ3v) is 5.28. The lowest BCUT2D eigenvalue weighted by atomic mass is 10.1. The Balaban J connectivity index is 2.15. The molecule has 0 fully saturated rings. The summed E-state index contributed by atoms with van der Waals surface area (Å²) in [5.41, 5.74) is -0.123. The molecule has 136 valence electrons.